The molecule has 5 rings (SSSR count). The molecule has 0 unspecified atom stereocenters. The van der Waals surface area contributed by atoms with E-state index in [2.05, 4.69) is 37.7 Å². The minimum atomic E-state index is -4.38. The zero-order chi connectivity index (χ0) is 28.1. The third-order valence-electron chi connectivity index (χ3n) is 7.11. The Labute approximate surface area is 231 Å². The number of halogens is 3. The van der Waals surface area contributed by atoms with Crippen molar-refractivity contribution in [2.45, 2.75) is 44.2 Å². The fourth-order valence-corrected chi connectivity index (χ4v) is 5.01. The molecule has 2 fully saturated rings. The van der Waals surface area contributed by atoms with E-state index >= 15 is 0 Å². The van der Waals surface area contributed by atoms with Gasteiger partial charge in [0.2, 0.25) is 0 Å². The Morgan fingerprint density at radius 3 is 2.62 bits per heavy atom. The molecule has 11 heteroatoms. The fourth-order valence-electron chi connectivity index (χ4n) is 5.01. The van der Waals surface area contributed by atoms with Gasteiger partial charge in [0.25, 0.3) is 5.91 Å². The molecule has 212 valence electrons. The Morgan fingerprint density at radius 2 is 1.93 bits per heavy atom. The highest BCUT2D eigenvalue weighted by atomic mass is 19.4. The molecule has 0 spiro atoms. The highest BCUT2D eigenvalue weighted by Gasteiger charge is 2.30. The molecule has 4 heterocycles. The minimum Gasteiger partial charge on any atom is -0.381 e. The van der Waals surface area contributed by atoms with Crippen LogP contribution in [0.1, 0.15) is 34.6 Å². The smallest absolute Gasteiger partial charge is 0.381 e. The number of likely N-dealkylation sites (tertiary alicyclic amines) is 1. The van der Waals surface area contributed by atoms with Crippen LogP contribution in [-0.2, 0) is 17.8 Å². The summed E-state index contributed by atoms with van der Waals surface area (Å²) in [7, 11) is 1.99. The largest absolute Gasteiger partial charge is 0.406 e. The molecule has 0 saturated carbocycles. The van der Waals surface area contributed by atoms with E-state index in [1.807, 2.05) is 19.2 Å². The molecule has 0 atom stereocenters. The first-order chi connectivity index (χ1) is 19.2. The van der Waals surface area contributed by atoms with Gasteiger partial charge in [-0.25, -0.2) is 4.98 Å². The number of aromatic nitrogens is 2. The Balaban J connectivity index is 1.22. The number of likely N-dealkylation sites (N-methyl/N-ethyl adjacent to an activating group) is 1. The summed E-state index contributed by atoms with van der Waals surface area (Å²) in [4.78, 5) is 18.6. The summed E-state index contributed by atoms with van der Waals surface area (Å²) < 4.78 is 46.8. The average Bonchev–Trinajstić information content (AvgIpc) is 3.24. The summed E-state index contributed by atoms with van der Waals surface area (Å²) >= 11 is 0. The summed E-state index contributed by atoms with van der Waals surface area (Å²) in [5.41, 5.74) is 2.79. The number of carbonyl (C=O) groups is 1. The van der Waals surface area contributed by atoms with E-state index < -0.39 is 12.7 Å². The number of alkyl halides is 3. The topological polar surface area (TPSA) is 83.5 Å². The second kappa shape index (κ2) is 12.3. The molecule has 2 aliphatic rings. The van der Waals surface area contributed by atoms with Gasteiger partial charge >= 0.3 is 6.18 Å². The Kier molecular flexibility index (Phi) is 8.59. The normalized spacial score (nSPS) is 16.8. The van der Waals surface area contributed by atoms with E-state index in [0.29, 0.717) is 35.2 Å². The number of pyridine rings is 1. The maximum Gasteiger partial charge on any atom is 0.406 e. The van der Waals surface area contributed by atoms with Gasteiger partial charge < -0.3 is 30.2 Å². The number of nitrogens with one attached hydrogen (secondary N) is 3. The lowest BCUT2D eigenvalue weighted by Crippen LogP contribution is -2.57. The molecular weight excluding hydrogens is 521 g/mol. The number of hydrogen-bond acceptors (Lipinski definition) is 6. The van der Waals surface area contributed by atoms with Gasteiger partial charge in [-0.1, -0.05) is 12.0 Å². The van der Waals surface area contributed by atoms with Crippen LogP contribution >= 0.6 is 0 Å². The first-order valence-corrected chi connectivity index (χ1v) is 13.4. The molecule has 2 aromatic heterocycles. The van der Waals surface area contributed by atoms with Crippen LogP contribution in [0.25, 0.3) is 10.9 Å². The standard InChI is InChI=1S/C29H33F3N6O2/c1-37-17-24(18-37)36-28(39)26-6-5-23(16-35-26)33-10-2-3-25-14-21-13-20(15-34-22-8-11-40-12-9-22)4-7-27(21)38(25)19-29(30,31)32/h4-7,13-14,16,22,24,33-34H,8-12,15,17-19H2,1H3,(H,36,39). The number of hydrogen-bond donors (Lipinski definition) is 3. The average molecular weight is 555 g/mol. The zero-order valence-corrected chi connectivity index (χ0v) is 22.4. The summed E-state index contributed by atoms with van der Waals surface area (Å²) in [5, 5.41) is 10.3. The van der Waals surface area contributed by atoms with Crippen LogP contribution in [0.5, 0.6) is 0 Å². The van der Waals surface area contributed by atoms with E-state index in [1.54, 1.807) is 30.5 Å². The SMILES string of the molecule is CN1CC(NC(=O)c2ccc(NCC#Cc3cc4cc(CNC5CCOCC5)ccc4n3CC(F)(F)F)cn2)C1. The molecule has 2 aliphatic heterocycles. The minimum absolute atomic E-state index is 0.140. The third kappa shape index (κ3) is 7.33. The van der Waals surface area contributed by atoms with Crippen LogP contribution in [0.15, 0.2) is 42.6 Å². The number of anilines is 1. The van der Waals surface area contributed by atoms with E-state index in [0.717, 1.165) is 50.1 Å². The summed E-state index contributed by atoms with van der Waals surface area (Å²) in [6, 6.07) is 11.1. The summed E-state index contributed by atoms with van der Waals surface area (Å²) in [5.74, 6) is 5.60. The monoisotopic (exact) mass is 554 g/mol. The van der Waals surface area contributed by atoms with Crippen LogP contribution < -0.4 is 16.0 Å². The van der Waals surface area contributed by atoms with Gasteiger partial charge in [0.1, 0.15) is 12.2 Å². The maximum atomic E-state index is 13.4. The van der Waals surface area contributed by atoms with Crippen molar-refractivity contribution in [1.29, 1.82) is 0 Å². The number of fused-ring (bicyclic) bond motifs is 1. The molecule has 2 saturated heterocycles. The van der Waals surface area contributed by atoms with Gasteiger partial charge in [0.15, 0.2) is 0 Å². The second-order valence-electron chi connectivity index (χ2n) is 10.4. The highest BCUT2D eigenvalue weighted by molar-refractivity contribution is 5.92. The molecular formula is C29H33F3N6O2. The summed E-state index contributed by atoms with van der Waals surface area (Å²) in [6.45, 7) is 2.86. The van der Waals surface area contributed by atoms with E-state index in [-0.39, 0.29) is 18.5 Å². The van der Waals surface area contributed by atoms with Crippen molar-refractivity contribution in [3.05, 3.63) is 59.5 Å². The summed E-state index contributed by atoms with van der Waals surface area (Å²) in [6.07, 6.45) is -0.934. The maximum absolute atomic E-state index is 13.4. The van der Waals surface area contributed by atoms with E-state index in [1.165, 1.54) is 4.57 Å². The fraction of sp³-hybridized carbons (Fsp3) is 0.448. The van der Waals surface area contributed by atoms with Gasteiger partial charge in [-0.05, 0) is 61.7 Å². The van der Waals surface area contributed by atoms with E-state index in [9.17, 15) is 18.0 Å². The number of amides is 1. The quantitative estimate of drug-likeness (QED) is 0.371. The van der Waals surface area contributed by atoms with Crippen LogP contribution in [0, 0.1) is 11.8 Å². The van der Waals surface area contributed by atoms with E-state index in [4.69, 9.17) is 4.74 Å². The van der Waals surface area contributed by atoms with Crippen molar-refractivity contribution in [3.8, 4) is 11.8 Å². The van der Waals surface area contributed by atoms with Crippen molar-refractivity contribution in [1.82, 2.24) is 25.1 Å². The second-order valence-corrected chi connectivity index (χ2v) is 10.4. The molecule has 0 bridgehead atoms. The van der Waals surface area contributed by atoms with Gasteiger partial charge in [-0.2, -0.15) is 13.2 Å². The predicted molar refractivity (Wildman–Crippen MR) is 147 cm³/mol. The number of benzene rings is 1. The third-order valence-corrected chi connectivity index (χ3v) is 7.11. The van der Waals surface area contributed by atoms with Crippen molar-refractivity contribution in [2.24, 2.45) is 0 Å². The Bertz CT molecular complexity index is 1380. The Morgan fingerprint density at radius 1 is 1.12 bits per heavy atom. The number of nitrogens with zero attached hydrogens (tertiary/aromatic N) is 3. The zero-order valence-electron chi connectivity index (χ0n) is 22.4. The predicted octanol–water partition coefficient (Wildman–Crippen LogP) is 3.37. The van der Waals surface area contributed by atoms with Crippen LogP contribution in [0.3, 0.4) is 0 Å². The van der Waals surface area contributed by atoms with Crippen LogP contribution in [-0.4, -0.2) is 78.5 Å². The first kappa shape index (κ1) is 28.0. The number of rotatable bonds is 8. The van der Waals surface area contributed by atoms with Gasteiger partial charge in [0.05, 0.1) is 30.2 Å². The molecule has 8 nitrogen and oxygen atoms in total. The van der Waals surface area contributed by atoms with Crippen LogP contribution in [0.4, 0.5) is 18.9 Å². The van der Waals surface area contributed by atoms with Gasteiger partial charge in [0, 0.05) is 49.8 Å². The van der Waals surface area contributed by atoms with Crippen molar-refractivity contribution in [3.63, 3.8) is 0 Å². The molecule has 1 aromatic carbocycles. The molecule has 0 aliphatic carbocycles. The lowest BCUT2D eigenvalue weighted by atomic mass is 10.1. The van der Waals surface area contributed by atoms with Crippen molar-refractivity contribution >= 4 is 22.5 Å². The molecule has 40 heavy (non-hydrogen) atoms. The van der Waals surface area contributed by atoms with Gasteiger partial charge in [-0.15, -0.1) is 0 Å². The van der Waals surface area contributed by atoms with Crippen molar-refractivity contribution < 1.29 is 22.7 Å². The molecule has 0 radical (unpaired) electrons. The molecule has 1 amide bonds. The first-order valence-electron chi connectivity index (χ1n) is 13.4. The lowest BCUT2D eigenvalue weighted by molar-refractivity contribution is -0.140. The Hall–Kier alpha value is -3.59. The van der Waals surface area contributed by atoms with Crippen molar-refractivity contribution in [2.75, 3.05) is 45.2 Å². The van der Waals surface area contributed by atoms with Crippen LogP contribution in [0.2, 0.25) is 0 Å². The molecule has 3 aromatic rings. The molecule has 3 N–H and O–H groups in total. The highest BCUT2D eigenvalue weighted by Crippen LogP contribution is 2.26. The number of carbonyl (C=O) groups excluding carboxylic acids is 1. The number of ether oxygens (including phenoxy) is 1. The lowest BCUT2D eigenvalue weighted by Gasteiger charge is -2.36. The van der Waals surface area contributed by atoms with Gasteiger partial charge in [-0.3, -0.25) is 4.79 Å².